The van der Waals surface area contributed by atoms with Crippen LogP contribution in [-0.2, 0) is 16.0 Å². The van der Waals surface area contributed by atoms with Gasteiger partial charge in [0.2, 0.25) is 0 Å². The van der Waals surface area contributed by atoms with Gasteiger partial charge in [-0.25, -0.2) is 0 Å². The van der Waals surface area contributed by atoms with Gasteiger partial charge in [0, 0.05) is 0 Å². The number of nitrogens with zero attached hydrogens (tertiary/aromatic N) is 1. The summed E-state index contributed by atoms with van der Waals surface area (Å²) in [6, 6.07) is 14.6. The van der Waals surface area contributed by atoms with E-state index in [9.17, 15) is 14.7 Å². The molecule has 0 N–H and O–H groups in total. The van der Waals surface area contributed by atoms with Crippen LogP contribution >= 0.6 is 24.0 Å². The Morgan fingerprint density at radius 2 is 2.00 bits per heavy atom. The van der Waals surface area contributed by atoms with E-state index >= 15 is 0 Å². The van der Waals surface area contributed by atoms with E-state index in [1.54, 1.807) is 30.3 Å². The molecule has 0 aromatic heterocycles. The van der Waals surface area contributed by atoms with Crippen molar-refractivity contribution in [3.8, 4) is 5.75 Å². The first-order chi connectivity index (χ1) is 13.0. The van der Waals surface area contributed by atoms with Gasteiger partial charge in [-0.15, -0.1) is 0 Å². The third-order valence-corrected chi connectivity index (χ3v) is 5.21. The largest absolute Gasteiger partial charge is 0.546 e. The van der Waals surface area contributed by atoms with Crippen molar-refractivity contribution in [1.29, 1.82) is 0 Å². The van der Waals surface area contributed by atoms with Crippen LogP contribution in [0.4, 0.5) is 5.69 Å². The number of hydrogen-bond donors (Lipinski definition) is 0. The van der Waals surface area contributed by atoms with Crippen molar-refractivity contribution in [2.45, 2.75) is 13.3 Å². The van der Waals surface area contributed by atoms with Gasteiger partial charge in [0.1, 0.15) is 12.4 Å². The van der Waals surface area contributed by atoms with Crippen molar-refractivity contribution in [1.82, 2.24) is 0 Å². The van der Waals surface area contributed by atoms with Gasteiger partial charge in [-0.2, -0.15) is 0 Å². The molecule has 0 spiro atoms. The Morgan fingerprint density at radius 1 is 1.26 bits per heavy atom. The number of carbonyl (C=O) groups excluding carboxylic acids is 2. The minimum atomic E-state index is -1.30. The minimum absolute atomic E-state index is 0.185. The Bertz CT molecular complexity index is 922. The van der Waals surface area contributed by atoms with Crippen molar-refractivity contribution in [3.05, 3.63) is 64.6 Å². The number of thioether (sulfide) groups is 1. The third kappa shape index (κ3) is 4.56. The molecule has 1 heterocycles. The van der Waals surface area contributed by atoms with Crippen LogP contribution in [-0.4, -0.2) is 22.8 Å². The molecule has 5 nitrogen and oxygen atoms in total. The molecule has 0 atom stereocenters. The standard InChI is InChI=1S/C20H17NO4S2/c1-2-13-6-8-15(9-7-13)21-19(24)17(27-20(21)26)11-14-4-3-5-16(10-14)25-12-18(22)23/h3-11H,2,12H2,1H3,(H,22,23)/p-1/b17-11-. The molecular weight excluding hydrogens is 382 g/mol. The lowest BCUT2D eigenvalue weighted by atomic mass is 10.1. The number of rotatable bonds is 6. The molecule has 27 heavy (non-hydrogen) atoms. The molecule has 2 aromatic rings. The maximum absolute atomic E-state index is 12.8. The predicted molar refractivity (Wildman–Crippen MR) is 108 cm³/mol. The molecule has 0 aliphatic carbocycles. The molecule has 0 saturated carbocycles. The van der Waals surface area contributed by atoms with Gasteiger partial charge < -0.3 is 14.6 Å². The zero-order valence-electron chi connectivity index (χ0n) is 14.5. The fourth-order valence-corrected chi connectivity index (χ4v) is 3.86. The van der Waals surface area contributed by atoms with Crippen molar-refractivity contribution >= 4 is 51.9 Å². The number of benzene rings is 2. The van der Waals surface area contributed by atoms with E-state index in [2.05, 4.69) is 6.92 Å². The Kier molecular flexibility index (Phi) is 5.93. The van der Waals surface area contributed by atoms with Crippen LogP contribution in [0.25, 0.3) is 6.08 Å². The van der Waals surface area contributed by atoms with Gasteiger partial charge in [-0.1, -0.05) is 55.2 Å². The number of thiocarbonyl (C=S) groups is 1. The van der Waals surface area contributed by atoms with Gasteiger partial charge in [0.05, 0.1) is 16.6 Å². The van der Waals surface area contributed by atoms with Crippen LogP contribution in [0, 0.1) is 0 Å². The summed E-state index contributed by atoms with van der Waals surface area (Å²) in [5.74, 6) is -1.09. The lowest BCUT2D eigenvalue weighted by Crippen LogP contribution is -2.28. The SMILES string of the molecule is CCc1ccc(N2C(=O)/C(=C/c3cccc(OCC(=O)[O-])c3)SC2=S)cc1. The summed E-state index contributed by atoms with van der Waals surface area (Å²) in [6.45, 7) is 1.54. The zero-order valence-corrected chi connectivity index (χ0v) is 16.1. The lowest BCUT2D eigenvalue weighted by molar-refractivity contribution is -0.307. The van der Waals surface area contributed by atoms with Crippen LogP contribution in [0.15, 0.2) is 53.4 Å². The normalized spacial score (nSPS) is 15.4. The second kappa shape index (κ2) is 8.37. The highest BCUT2D eigenvalue weighted by Gasteiger charge is 2.33. The summed E-state index contributed by atoms with van der Waals surface area (Å²) in [7, 11) is 0. The number of aliphatic carboxylic acids is 1. The molecule has 1 aliphatic heterocycles. The number of carboxylic acids is 1. The highest BCUT2D eigenvalue weighted by atomic mass is 32.2. The van der Waals surface area contributed by atoms with E-state index in [4.69, 9.17) is 17.0 Å². The summed E-state index contributed by atoms with van der Waals surface area (Å²) in [5.41, 5.74) is 2.64. The molecule has 1 fully saturated rings. The summed E-state index contributed by atoms with van der Waals surface area (Å²) in [4.78, 5) is 25.3. The fourth-order valence-electron chi connectivity index (χ4n) is 2.56. The number of carboxylic acid groups (broad SMARTS) is 1. The third-order valence-electron chi connectivity index (χ3n) is 3.91. The molecule has 7 heteroatoms. The maximum Gasteiger partial charge on any atom is 0.270 e. The van der Waals surface area contributed by atoms with E-state index in [1.807, 2.05) is 24.3 Å². The van der Waals surface area contributed by atoms with Gasteiger partial charge in [0.25, 0.3) is 5.91 Å². The number of carbonyl (C=O) groups is 2. The Hall–Kier alpha value is -2.64. The van der Waals surface area contributed by atoms with E-state index in [-0.39, 0.29) is 5.91 Å². The first-order valence-corrected chi connectivity index (χ1v) is 9.50. The van der Waals surface area contributed by atoms with Gasteiger partial charge in [-0.3, -0.25) is 9.69 Å². The quantitative estimate of drug-likeness (QED) is 0.551. The summed E-state index contributed by atoms with van der Waals surface area (Å²) in [5, 5.41) is 10.5. The van der Waals surface area contributed by atoms with Gasteiger partial charge in [-0.05, 0) is 47.9 Å². The first-order valence-electron chi connectivity index (χ1n) is 8.27. The zero-order chi connectivity index (χ0) is 19.4. The molecule has 0 unspecified atom stereocenters. The molecule has 1 amide bonds. The molecule has 1 saturated heterocycles. The Balaban J connectivity index is 1.81. The molecule has 0 radical (unpaired) electrons. The molecular formula is C20H16NO4S2-. The lowest BCUT2D eigenvalue weighted by Gasteiger charge is -2.14. The Labute approximate surface area is 166 Å². The highest BCUT2D eigenvalue weighted by molar-refractivity contribution is 8.27. The highest BCUT2D eigenvalue weighted by Crippen LogP contribution is 2.36. The molecule has 0 bridgehead atoms. The molecule has 1 aliphatic rings. The van der Waals surface area contributed by atoms with Crippen LogP contribution in [0.3, 0.4) is 0 Å². The number of ether oxygens (including phenoxy) is 1. The van der Waals surface area contributed by atoms with Crippen molar-refractivity contribution in [2.24, 2.45) is 0 Å². The number of hydrogen-bond acceptors (Lipinski definition) is 6. The number of amides is 1. The second-order valence-corrected chi connectivity index (χ2v) is 7.45. The first kappa shape index (κ1) is 19.1. The van der Waals surface area contributed by atoms with E-state index in [0.29, 0.717) is 20.5 Å². The summed E-state index contributed by atoms with van der Waals surface area (Å²) < 4.78 is 5.59. The fraction of sp³-hybridized carbons (Fsp3) is 0.150. The monoisotopic (exact) mass is 398 g/mol. The number of aryl methyl sites for hydroxylation is 1. The van der Waals surface area contributed by atoms with Crippen molar-refractivity contribution < 1.29 is 19.4 Å². The topological polar surface area (TPSA) is 69.7 Å². The van der Waals surface area contributed by atoms with E-state index in [1.165, 1.54) is 22.2 Å². The predicted octanol–water partition coefficient (Wildman–Crippen LogP) is 2.78. The van der Waals surface area contributed by atoms with Crippen LogP contribution in [0.5, 0.6) is 5.75 Å². The van der Waals surface area contributed by atoms with Crippen LogP contribution in [0.1, 0.15) is 18.1 Å². The second-order valence-electron chi connectivity index (χ2n) is 5.77. The van der Waals surface area contributed by atoms with Gasteiger partial charge in [0.15, 0.2) is 4.32 Å². The van der Waals surface area contributed by atoms with Crippen molar-refractivity contribution in [3.63, 3.8) is 0 Å². The van der Waals surface area contributed by atoms with Gasteiger partial charge >= 0.3 is 0 Å². The van der Waals surface area contributed by atoms with Crippen LogP contribution < -0.4 is 14.7 Å². The molecule has 2 aromatic carbocycles. The van der Waals surface area contributed by atoms with Crippen molar-refractivity contribution in [2.75, 3.05) is 11.5 Å². The summed E-state index contributed by atoms with van der Waals surface area (Å²) in [6.07, 6.45) is 2.64. The number of anilines is 1. The molecule has 3 rings (SSSR count). The average Bonchev–Trinajstić information content (AvgIpc) is 2.94. The van der Waals surface area contributed by atoms with E-state index in [0.717, 1.165) is 12.1 Å². The van der Waals surface area contributed by atoms with E-state index < -0.39 is 12.6 Å². The summed E-state index contributed by atoms with van der Waals surface area (Å²) >= 11 is 6.61. The average molecular weight is 398 g/mol. The molecule has 138 valence electrons. The smallest absolute Gasteiger partial charge is 0.270 e. The van der Waals surface area contributed by atoms with Crippen LogP contribution in [0.2, 0.25) is 0 Å². The maximum atomic E-state index is 12.8. The Morgan fingerprint density at radius 3 is 2.67 bits per heavy atom. The minimum Gasteiger partial charge on any atom is -0.546 e.